The van der Waals surface area contributed by atoms with Crippen molar-refractivity contribution in [3.05, 3.63) is 11.1 Å². The van der Waals surface area contributed by atoms with Gasteiger partial charge in [-0.2, -0.15) is 0 Å². The highest BCUT2D eigenvalue weighted by Gasteiger charge is 2.37. The summed E-state index contributed by atoms with van der Waals surface area (Å²) < 4.78 is 0. The van der Waals surface area contributed by atoms with Crippen LogP contribution in [0.3, 0.4) is 0 Å². The molecule has 0 aromatic heterocycles. The van der Waals surface area contributed by atoms with Gasteiger partial charge in [0.05, 0.1) is 6.54 Å². The van der Waals surface area contributed by atoms with E-state index in [1.165, 1.54) is 12.0 Å². The highest BCUT2D eigenvalue weighted by Crippen LogP contribution is 2.28. The summed E-state index contributed by atoms with van der Waals surface area (Å²) in [6.07, 6.45) is 5.63. The van der Waals surface area contributed by atoms with Crippen LogP contribution in [0.5, 0.6) is 0 Å². The Kier molecular flexibility index (Phi) is 4.86. The Balaban J connectivity index is 2.06. The van der Waals surface area contributed by atoms with E-state index in [0.29, 0.717) is 12.5 Å². The molecule has 1 N–H and O–H groups in total. The highest BCUT2D eigenvalue weighted by molar-refractivity contribution is 6.25. The monoisotopic (exact) mass is 284 g/mol. The fourth-order valence-electron chi connectivity index (χ4n) is 2.99. The minimum absolute atomic E-state index is 0.0457. The normalized spacial score (nSPS) is 26.5. The molecule has 0 bridgehead atoms. The van der Waals surface area contributed by atoms with Crippen LogP contribution in [-0.2, 0) is 9.59 Å². The fourth-order valence-corrected chi connectivity index (χ4v) is 3.05. The third-order valence-electron chi connectivity index (χ3n) is 3.98. The molecule has 0 aromatic carbocycles. The Hall–Kier alpha value is -1.03. The molecule has 1 saturated carbocycles. The molecule has 19 heavy (non-hydrogen) atoms. The molecule has 2 aliphatic rings. The average Bonchev–Trinajstić information content (AvgIpc) is 2.43. The van der Waals surface area contributed by atoms with E-state index in [1.807, 2.05) is 6.92 Å². The van der Waals surface area contributed by atoms with Crippen LogP contribution in [0, 0.1) is 5.92 Å². The molecule has 0 aromatic rings. The SMILES string of the molecule is CC(=CCl)CN1CC(=O)NC(C2CCCCC2)C1=O. The second kappa shape index (κ2) is 6.42. The molecule has 0 radical (unpaired) electrons. The first-order valence-corrected chi connectivity index (χ1v) is 7.39. The van der Waals surface area contributed by atoms with E-state index in [1.54, 1.807) is 4.90 Å². The third-order valence-corrected chi connectivity index (χ3v) is 4.35. The van der Waals surface area contributed by atoms with Crippen LogP contribution in [-0.4, -0.2) is 35.8 Å². The fraction of sp³-hybridized carbons (Fsp3) is 0.714. The van der Waals surface area contributed by atoms with Gasteiger partial charge in [-0.1, -0.05) is 30.9 Å². The van der Waals surface area contributed by atoms with Crippen LogP contribution in [0.15, 0.2) is 11.1 Å². The number of amides is 2. The third kappa shape index (κ3) is 3.50. The second-order valence-corrected chi connectivity index (χ2v) is 5.81. The molecule has 1 aliphatic carbocycles. The summed E-state index contributed by atoms with van der Waals surface area (Å²) >= 11 is 5.64. The molecular formula is C14H21ClN2O2. The lowest BCUT2D eigenvalue weighted by atomic mass is 9.82. The van der Waals surface area contributed by atoms with E-state index in [0.717, 1.165) is 31.3 Å². The van der Waals surface area contributed by atoms with Crippen molar-refractivity contribution in [2.75, 3.05) is 13.1 Å². The van der Waals surface area contributed by atoms with Crippen molar-refractivity contribution in [2.24, 2.45) is 5.92 Å². The Labute approximate surface area is 119 Å². The topological polar surface area (TPSA) is 49.4 Å². The number of nitrogens with one attached hydrogen (secondary N) is 1. The van der Waals surface area contributed by atoms with Crippen molar-refractivity contribution < 1.29 is 9.59 Å². The summed E-state index contributed by atoms with van der Waals surface area (Å²) in [5.41, 5.74) is 2.36. The van der Waals surface area contributed by atoms with E-state index >= 15 is 0 Å². The number of carbonyl (C=O) groups is 2. The molecule has 5 heteroatoms. The molecule has 1 atom stereocenters. The van der Waals surface area contributed by atoms with E-state index < -0.39 is 0 Å². The number of carbonyl (C=O) groups excluding carboxylic acids is 2. The first-order valence-electron chi connectivity index (χ1n) is 6.96. The highest BCUT2D eigenvalue weighted by atomic mass is 35.5. The second-order valence-electron chi connectivity index (χ2n) is 5.59. The van der Waals surface area contributed by atoms with Crippen molar-refractivity contribution in [1.82, 2.24) is 10.2 Å². The van der Waals surface area contributed by atoms with Crippen molar-refractivity contribution in [3.8, 4) is 0 Å². The number of hydrogen-bond acceptors (Lipinski definition) is 2. The maximum absolute atomic E-state index is 12.5. The van der Waals surface area contributed by atoms with Gasteiger partial charge < -0.3 is 10.2 Å². The predicted molar refractivity (Wildman–Crippen MR) is 74.7 cm³/mol. The van der Waals surface area contributed by atoms with Crippen LogP contribution < -0.4 is 5.32 Å². The summed E-state index contributed by atoms with van der Waals surface area (Å²) in [6.45, 7) is 2.45. The van der Waals surface area contributed by atoms with Crippen molar-refractivity contribution in [2.45, 2.75) is 45.1 Å². The molecular weight excluding hydrogens is 264 g/mol. The Morgan fingerprint density at radius 1 is 1.37 bits per heavy atom. The molecule has 2 fully saturated rings. The minimum Gasteiger partial charge on any atom is -0.342 e. The van der Waals surface area contributed by atoms with Gasteiger partial charge in [-0.25, -0.2) is 0 Å². The maximum atomic E-state index is 12.5. The predicted octanol–water partition coefficient (Wildman–Crippen LogP) is 2.04. The van der Waals surface area contributed by atoms with E-state index in [-0.39, 0.29) is 24.4 Å². The van der Waals surface area contributed by atoms with Gasteiger partial charge >= 0.3 is 0 Å². The Bertz CT molecular complexity index is 389. The number of nitrogens with zero attached hydrogens (tertiary/aromatic N) is 1. The van der Waals surface area contributed by atoms with Gasteiger partial charge in [0.25, 0.3) is 0 Å². The van der Waals surface area contributed by atoms with Crippen LogP contribution in [0.25, 0.3) is 0 Å². The average molecular weight is 285 g/mol. The lowest BCUT2D eigenvalue weighted by molar-refractivity contribution is -0.145. The summed E-state index contributed by atoms with van der Waals surface area (Å²) in [5.74, 6) is 0.287. The lowest BCUT2D eigenvalue weighted by Gasteiger charge is -2.38. The van der Waals surface area contributed by atoms with Gasteiger partial charge in [0.1, 0.15) is 6.04 Å². The van der Waals surface area contributed by atoms with Crippen LogP contribution >= 0.6 is 11.6 Å². The summed E-state index contributed by atoms with van der Waals surface area (Å²) in [7, 11) is 0. The maximum Gasteiger partial charge on any atom is 0.246 e. The van der Waals surface area contributed by atoms with E-state index in [2.05, 4.69) is 5.32 Å². The minimum atomic E-state index is -0.329. The molecule has 1 saturated heterocycles. The van der Waals surface area contributed by atoms with E-state index in [4.69, 9.17) is 11.6 Å². The van der Waals surface area contributed by atoms with Gasteiger partial charge in [-0.3, -0.25) is 9.59 Å². The van der Waals surface area contributed by atoms with Crippen molar-refractivity contribution >= 4 is 23.4 Å². The number of halogens is 1. The van der Waals surface area contributed by atoms with Crippen LogP contribution in [0.2, 0.25) is 0 Å². The summed E-state index contributed by atoms with van der Waals surface area (Å²) in [4.78, 5) is 25.9. The zero-order chi connectivity index (χ0) is 13.8. The molecule has 4 nitrogen and oxygen atoms in total. The zero-order valence-electron chi connectivity index (χ0n) is 11.3. The van der Waals surface area contributed by atoms with Crippen LogP contribution in [0.4, 0.5) is 0 Å². The Morgan fingerprint density at radius 3 is 2.68 bits per heavy atom. The first-order chi connectivity index (χ1) is 9.11. The molecule has 1 unspecified atom stereocenters. The van der Waals surface area contributed by atoms with Crippen LogP contribution in [0.1, 0.15) is 39.0 Å². The number of hydrogen-bond donors (Lipinski definition) is 1. The van der Waals surface area contributed by atoms with E-state index in [9.17, 15) is 9.59 Å². The summed E-state index contributed by atoms with van der Waals surface area (Å²) in [6, 6.07) is -0.329. The Morgan fingerprint density at radius 2 is 2.05 bits per heavy atom. The first kappa shape index (κ1) is 14.4. The van der Waals surface area contributed by atoms with Crippen molar-refractivity contribution in [3.63, 3.8) is 0 Å². The number of rotatable bonds is 3. The molecule has 1 aliphatic heterocycles. The lowest BCUT2D eigenvalue weighted by Crippen LogP contribution is -2.60. The quantitative estimate of drug-likeness (QED) is 0.862. The molecule has 0 spiro atoms. The van der Waals surface area contributed by atoms with Gasteiger partial charge in [0.15, 0.2) is 0 Å². The smallest absolute Gasteiger partial charge is 0.246 e. The largest absolute Gasteiger partial charge is 0.342 e. The van der Waals surface area contributed by atoms with Gasteiger partial charge in [-0.15, -0.1) is 0 Å². The summed E-state index contributed by atoms with van der Waals surface area (Å²) in [5, 5.41) is 2.87. The molecule has 106 valence electrons. The van der Waals surface area contributed by atoms with Gasteiger partial charge in [-0.05, 0) is 31.3 Å². The van der Waals surface area contributed by atoms with Gasteiger partial charge in [0, 0.05) is 12.1 Å². The number of piperazine rings is 1. The molecule has 2 amide bonds. The van der Waals surface area contributed by atoms with Crippen molar-refractivity contribution in [1.29, 1.82) is 0 Å². The van der Waals surface area contributed by atoms with Gasteiger partial charge in [0.2, 0.25) is 11.8 Å². The standard InChI is InChI=1S/C14H21ClN2O2/c1-10(7-15)8-17-9-12(18)16-13(14(17)19)11-5-3-2-4-6-11/h7,11,13H,2-6,8-9H2,1H3,(H,16,18). The zero-order valence-corrected chi connectivity index (χ0v) is 12.1. The molecule has 1 heterocycles. The molecule has 2 rings (SSSR count).